The molecule has 0 aliphatic carbocycles. The van der Waals surface area contributed by atoms with Gasteiger partial charge in [-0.05, 0) is 69.5 Å². The number of halogens is 1. The summed E-state index contributed by atoms with van der Waals surface area (Å²) in [4.78, 5) is 12.9. The number of hydrogen-bond acceptors (Lipinski definition) is 5. The second kappa shape index (κ2) is 10.4. The van der Waals surface area contributed by atoms with Crippen molar-refractivity contribution in [2.24, 2.45) is 7.05 Å². The van der Waals surface area contributed by atoms with Crippen LogP contribution in [-0.4, -0.2) is 47.0 Å². The van der Waals surface area contributed by atoms with E-state index < -0.39 is 17.3 Å². The van der Waals surface area contributed by atoms with Crippen LogP contribution in [0, 0.1) is 12.7 Å². The van der Waals surface area contributed by atoms with E-state index in [9.17, 15) is 14.3 Å². The van der Waals surface area contributed by atoms with Crippen molar-refractivity contribution in [3.63, 3.8) is 0 Å². The van der Waals surface area contributed by atoms with Gasteiger partial charge in [-0.25, -0.2) is 4.39 Å². The van der Waals surface area contributed by atoms with Gasteiger partial charge in [-0.2, -0.15) is 0 Å². The molecule has 0 spiro atoms. The van der Waals surface area contributed by atoms with E-state index in [0.717, 1.165) is 41.6 Å². The van der Waals surface area contributed by atoms with Gasteiger partial charge in [0.25, 0.3) is 5.91 Å². The van der Waals surface area contributed by atoms with Crippen molar-refractivity contribution < 1.29 is 23.8 Å². The van der Waals surface area contributed by atoms with Crippen LogP contribution in [0.25, 0.3) is 10.9 Å². The Balaban J connectivity index is 1.45. The third-order valence-corrected chi connectivity index (χ3v) is 6.35. The summed E-state index contributed by atoms with van der Waals surface area (Å²) >= 11 is 0. The Morgan fingerprint density at radius 3 is 2.77 bits per heavy atom. The Kier molecular flexibility index (Phi) is 7.44. The highest BCUT2D eigenvalue weighted by Crippen LogP contribution is 2.29. The van der Waals surface area contributed by atoms with Gasteiger partial charge in [-0.15, -0.1) is 0 Å². The maximum absolute atomic E-state index is 14.7. The second-order valence-corrected chi connectivity index (χ2v) is 9.82. The average Bonchev–Trinajstić information content (AvgIpc) is 3.42. The van der Waals surface area contributed by atoms with E-state index in [1.54, 1.807) is 19.9 Å². The number of aromatic nitrogens is 1. The predicted molar refractivity (Wildman–Crippen MR) is 134 cm³/mol. The van der Waals surface area contributed by atoms with Crippen LogP contribution in [0.3, 0.4) is 0 Å². The highest BCUT2D eigenvalue weighted by molar-refractivity contribution is 6.06. The van der Waals surface area contributed by atoms with Gasteiger partial charge in [-0.1, -0.05) is 0 Å². The summed E-state index contributed by atoms with van der Waals surface area (Å²) in [7, 11) is 1.99. The SMILES string of the molecule is Cc1c(NC(=O)c2ccc(OC[C@@H]3CCCO3)cc2F)ccc2c1cc(CNCC(C)(C)O)n2C. The van der Waals surface area contributed by atoms with Crippen LogP contribution in [0.4, 0.5) is 10.1 Å². The minimum Gasteiger partial charge on any atom is -0.491 e. The molecule has 0 bridgehead atoms. The number of anilines is 1. The van der Waals surface area contributed by atoms with E-state index >= 15 is 0 Å². The molecule has 3 N–H and O–H groups in total. The van der Waals surface area contributed by atoms with Crippen molar-refractivity contribution in [3.8, 4) is 5.75 Å². The standard InChI is InChI=1S/C27H34FN3O4/c1-17-22-12-18(14-29-16-27(2,3)33)31(4)25(22)10-9-24(17)30-26(32)21-8-7-19(13-23(21)28)35-15-20-6-5-11-34-20/h7-10,12-13,20,29,33H,5-6,11,14-16H2,1-4H3,(H,30,32)/t20-/m0/s1. The molecule has 8 heteroatoms. The number of amides is 1. The third kappa shape index (κ3) is 6.01. The van der Waals surface area contributed by atoms with Gasteiger partial charge in [0, 0.05) is 55.1 Å². The number of rotatable bonds is 9. The van der Waals surface area contributed by atoms with Crippen LogP contribution in [0.15, 0.2) is 36.4 Å². The van der Waals surface area contributed by atoms with Crippen LogP contribution in [0.1, 0.15) is 48.3 Å². The molecule has 0 unspecified atom stereocenters. The van der Waals surface area contributed by atoms with Gasteiger partial charge >= 0.3 is 0 Å². The molecule has 1 amide bonds. The first-order valence-electron chi connectivity index (χ1n) is 12.0. The van der Waals surface area contributed by atoms with Crippen molar-refractivity contribution in [2.45, 2.75) is 51.9 Å². The summed E-state index contributed by atoms with van der Waals surface area (Å²) in [6, 6.07) is 10.1. The van der Waals surface area contributed by atoms with E-state index in [-0.39, 0.29) is 11.7 Å². The molecule has 0 saturated carbocycles. The van der Waals surface area contributed by atoms with Crippen molar-refractivity contribution in [2.75, 3.05) is 25.1 Å². The predicted octanol–water partition coefficient (Wildman–Crippen LogP) is 4.30. The van der Waals surface area contributed by atoms with Crippen LogP contribution < -0.4 is 15.4 Å². The topological polar surface area (TPSA) is 84.8 Å². The number of hydrogen-bond donors (Lipinski definition) is 3. The first kappa shape index (κ1) is 25.2. The molecular formula is C27H34FN3O4. The maximum Gasteiger partial charge on any atom is 0.258 e. The van der Waals surface area contributed by atoms with Gasteiger partial charge in [-0.3, -0.25) is 4.79 Å². The van der Waals surface area contributed by atoms with Gasteiger partial charge in [0.2, 0.25) is 0 Å². The smallest absolute Gasteiger partial charge is 0.258 e. The minimum absolute atomic E-state index is 0.0368. The van der Waals surface area contributed by atoms with E-state index in [4.69, 9.17) is 9.47 Å². The fourth-order valence-electron chi connectivity index (χ4n) is 4.33. The molecule has 188 valence electrons. The lowest BCUT2D eigenvalue weighted by molar-refractivity contribution is 0.0678. The molecule has 1 aliphatic heterocycles. The number of ether oxygens (including phenoxy) is 2. The zero-order valence-corrected chi connectivity index (χ0v) is 20.8. The molecule has 1 atom stereocenters. The molecule has 35 heavy (non-hydrogen) atoms. The average molecular weight is 484 g/mol. The monoisotopic (exact) mass is 483 g/mol. The zero-order chi connectivity index (χ0) is 25.2. The molecule has 1 aliphatic rings. The van der Waals surface area contributed by atoms with Crippen LogP contribution in [-0.2, 0) is 18.3 Å². The third-order valence-electron chi connectivity index (χ3n) is 6.35. The fraction of sp³-hybridized carbons (Fsp3) is 0.444. The van der Waals surface area contributed by atoms with Crippen LogP contribution >= 0.6 is 0 Å². The first-order valence-corrected chi connectivity index (χ1v) is 12.0. The second-order valence-electron chi connectivity index (χ2n) is 9.82. The summed E-state index contributed by atoms with van der Waals surface area (Å²) in [5.74, 6) is -0.772. The van der Waals surface area contributed by atoms with Gasteiger partial charge in [0.1, 0.15) is 18.2 Å². The van der Waals surface area contributed by atoms with E-state index in [2.05, 4.69) is 21.3 Å². The normalized spacial score (nSPS) is 16.1. The molecule has 1 saturated heterocycles. The summed E-state index contributed by atoms with van der Waals surface area (Å²) in [6.45, 7) is 7.63. The van der Waals surface area contributed by atoms with E-state index in [1.807, 2.05) is 26.1 Å². The van der Waals surface area contributed by atoms with Crippen molar-refractivity contribution in [3.05, 3.63) is 59.0 Å². The molecule has 2 aromatic carbocycles. The molecular weight excluding hydrogens is 449 g/mol. The number of benzene rings is 2. The summed E-state index contributed by atoms with van der Waals surface area (Å²) < 4.78 is 28.0. The molecule has 0 radical (unpaired) electrons. The Morgan fingerprint density at radius 1 is 1.29 bits per heavy atom. The molecule has 2 heterocycles. The number of nitrogens with one attached hydrogen (secondary N) is 2. The molecule has 4 rings (SSSR count). The Bertz CT molecular complexity index is 1210. The fourth-order valence-corrected chi connectivity index (χ4v) is 4.33. The first-order chi connectivity index (χ1) is 16.6. The van der Waals surface area contributed by atoms with Gasteiger partial charge < -0.3 is 29.8 Å². The number of carbonyl (C=O) groups is 1. The van der Waals surface area contributed by atoms with Crippen molar-refractivity contribution >= 4 is 22.5 Å². The largest absolute Gasteiger partial charge is 0.491 e. The highest BCUT2D eigenvalue weighted by atomic mass is 19.1. The van der Waals surface area contributed by atoms with Crippen LogP contribution in [0.2, 0.25) is 0 Å². The molecule has 3 aromatic rings. The number of fused-ring (bicyclic) bond motifs is 1. The Hall–Kier alpha value is -2.94. The quantitative estimate of drug-likeness (QED) is 0.423. The van der Waals surface area contributed by atoms with Crippen LogP contribution in [0.5, 0.6) is 5.75 Å². The lowest BCUT2D eigenvalue weighted by Crippen LogP contribution is -2.34. The Labute approximate surface area is 205 Å². The summed E-state index contributed by atoms with van der Waals surface area (Å²) in [6.07, 6.45) is 1.98. The van der Waals surface area contributed by atoms with E-state index in [0.29, 0.717) is 31.1 Å². The zero-order valence-electron chi connectivity index (χ0n) is 20.8. The number of carbonyl (C=O) groups excluding carboxylic acids is 1. The molecule has 1 aromatic heterocycles. The maximum atomic E-state index is 14.7. The van der Waals surface area contributed by atoms with Crippen molar-refractivity contribution in [1.29, 1.82) is 0 Å². The summed E-state index contributed by atoms with van der Waals surface area (Å²) in [5, 5.41) is 17.0. The molecule has 1 fully saturated rings. The Morgan fingerprint density at radius 2 is 2.09 bits per heavy atom. The van der Waals surface area contributed by atoms with E-state index in [1.165, 1.54) is 12.1 Å². The lowest BCUT2D eigenvalue weighted by atomic mass is 10.1. The number of nitrogens with zero attached hydrogens (tertiary/aromatic N) is 1. The molecule has 7 nitrogen and oxygen atoms in total. The minimum atomic E-state index is -0.790. The summed E-state index contributed by atoms with van der Waals surface area (Å²) in [5.41, 5.74) is 2.78. The number of aliphatic hydroxyl groups is 1. The number of aryl methyl sites for hydroxylation is 2. The van der Waals surface area contributed by atoms with Crippen molar-refractivity contribution in [1.82, 2.24) is 9.88 Å². The van der Waals surface area contributed by atoms with Gasteiger partial charge in [0.05, 0.1) is 17.3 Å². The van der Waals surface area contributed by atoms with Gasteiger partial charge in [0.15, 0.2) is 0 Å². The highest BCUT2D eigenvalue weighted by Gasteiger charge is 2.19. The lowest BCUT2D eigenvalue weighted by Gasteiger charge is -2.17.